The lowest BCUT2D eigenvalue weighted by Gasteiger charge is -2.35. The SMILES string of the molecule is CCCCN[Si](NCCCC)(NCCCC)C1CC1(Cl)Cl. The lowest BCUT2D eigenvalue weighted by molar-refractivity contribution is 0.648. The number of halogens is 2. The molecule has 3 nitrogen and oxygen atoms in total. The molecule has 1 fully saturated rings. The predicted molar refractivity (Wildman–Crippen MR) is 97.3 cm³/mol. The highest BCUT2D eigenvalue weighted by molar-refractivity contribution is 6.79. The van der Waals surface area contributed by atoms with Gasteiger partial charge in [-0.15, -0.1) is 23.2 Å². The molecule has 21 heavy (non-hydrogen) atoms. The molecule has 0 spiro atoms. The van der Waals surface area contributed by atoms with E-state index in [2.05, 4.69) is 35.7 Å². The Balaban J connectivity index is 2.69. The molecule has 1 atom stereocenters. The first-order valence-corrected chi connectivity index (χ1v) is 11.5. The van der Waals surface area contributed by atoms with Crippen molar-refractivity contribution in [3.8, 4) is 0 Å². The molecule has 0 aromatic rings. The fourth-order valence-corrected chi connectivity index (χ4v) is 8.27. The molecule has 1 aliphatic carbocycles. The maximum Gasteiger partial charge on any atom is 0.287 e. The van der Waals surface area contributed by atoms with Gasteiger partial charge in [0.05, 0.1) is 0 Å². The molecule has 0 saturated heterocycles. The number of hydrogen-bond acceptors (Lipinski definition) is 3. The summed E-state index contributed by atoms with van der Waals surface area (Å²) in [5, 5.41) is 0. The topological polar surface area (TPSA) is 36.1 Å². The fourth-order valence-electron chi connectivity index (χ4n) is 2.63. The first-order chi connectivity index (χ1) is 10.0. The monoisotopic (exact) mass is 353 g/mol. The van der Waals surface area contributed by atoms with Gasteiger partial charge in [-0.3, -0.25) is 0 Å². The van der Waals surface area contributed by atoms with Gasteiger partial charge in [0, 0.05) is 5.54 Å². The van der Waals surface area contributed by atoms with E-state index in [0.29, 0.717) is 5.54 Å². The van der Waals surface area contributed by atoms with Crippen molar-refractivity contribution in [3.63, 3.8) is 0 Å². The largest absolute Gasteiger partial charge is 0.313 e. The first-order valence-electron chi connectivity index (χ1n) is 8.65. The van der Waals surface area contributed by atoms with Gasteiger partial charge in [-0.25, -0.2) is 0 Å². The van der Waals surface area contributed by atoms with Gasteiger partial charge in [0.1, 0.15) is 4.33 Å². The van der Waals surface area contributed by atoms with Gasteiger partial charge in [-0.1, -0.05) is 40.0 Å². The molecule has 1 saturated carbocycles. The number of alkyl halides is 2. The van der Waals surface area contributed by atoms with E-state index in [-0.39, 0.29) is 0 Å². The number of nitrogens with one attached hydrogen (secondary N) is 3. The van der Waals surface area contributed by atoms with Crippen LogP contribution in [0.3, 0.4) is 0 Å². The molecule has 0 radical (unpaired) electrons. The van der Waals surface area contributed by atoms with Crippen LogP contribution < -0.4 is 14.9 Å². The third-order valence-electron chi connectivity index (χ3n) is 4.15. The van der Waals surface area contributed by atoms with E-state index < -0.39 is 12.9 Å². The summed E-state index contributed by atoms with van der Waals surface area (Å²) in [5.41, 5.74) is 0.360. The Bertz CT molecular complexity index is 264. The molecule has 1 rings (SSSR count). The normalized spacial score (nSPS) is 20.7. The van der Waals surface area contributed by atoms with Gasteiger partial charge in [-0.2, -0.15) is 0 Å². The molecular formula is C15H33Cl2N3Si. The van der Waals surface area contributed by atoms with Crippen LogP contribution >= 0.6 is 23.2 Å². The minimum Gasteiger partial charge on any atom is -0.313 e. The summed E-state index contributed by atoms with van der Waals surface area (Å²) in [7, 11) is -2.02. The van der Waals surface area contributed by atoms with Gasteiger partial charge in [0.15, 0.2) is 0 Å². The Kier molecular flexibility index (Phi) is 9.14. The van der Waals surface area contributed by atoms with Crippen molar-refractivity contribution >= 4 is 31.8 Å². The molecule has 0 amide bonds. The predicted octanol–water partition coefficient (Wildman–Crippen LogP) is 4.04. The zero-order valence-corrected chi connectivity index (χ0v) is 16.4. The lowest BCUT2D eigenvalue weighted by atomic mass is 10.3. The van der Waals surface area contributed by atoms with Crippen LogP contribution in [0.15, 0.2) is 0 Å². The molecule has 1 aliphatic rings. The van der Waals surface area contributed by atoms with E-state index in [4.69, 9.17) is 23.2 Å². The minimum atomic E-state index is -2.02. The van der Waals surface area contributed by atoms with Crippen LogP contribution in [-0.4, -0.2) is 32.5 Å². The smallest absolute Gasteiger partial charge is 0.287 e. The van der Waals surface area contributed by atoms with E-state index in [9.17, 15) is 0 Å². The minimum absolute atomic E-state index is 0.360. The van der Waals surface area contributed by atoms with E-state index in [1.54, 1.807) is 0 Å². The Morgan fingerprint density at radius 1 is 0.857 bits per heavy atom. The summed E-state index contributed by atoms with van der Waals surface area (Å²) in [6.45, 7) is 9.81. The standard InChI is InChI=1S/C15H33Cl2N3Si/c1-4-7-10-18-21(19-11-8-5-2,20-12-9-6-3)14-13-15(14,16)17/h14,18-20H,4-13H2,1-3H3. The Morgan fingerprint density at radius 3 is 1.43 bits per heavy atom. The molecule has 126 valence electrons. The average molecular weight is 354 g/mol. The first kappa shape index (κ1) is 19.7. The van der Waals surface area contributed by atoms with E-state index in [1.165, 1.54) is 38.5 Å². The van der Waals surface area contributed by atoms with Crippen molar-refractivity contribution in [2.24, 2.45) is 0 Å². The second kappa shape index (κ2) is 9.73. The lowest BCUT2D eigenvalue weighted by Crippen LogP contribution is -2.73. The highest BCUT2D eigenvalue weighted by atomic mass is 35.5. The van der Waals surface area contributed by atoms with Crippen molar-refractivity contribution < 1.29 is 0 Å². The Labute approximate surface area is 142 Å². The van der Waals surface area contributed by atoms with Crippen molar-refractivity contribution in [2.45, 2.75) is 75.6 Å². The van der Waals surface area contributed by atoms with Crippen LogP contribution in [0.1, 0.15) is 65.7 Å². The van der Waals surface area contributed by atoms with Crippen LogP contribution in [0.5, 0.6) is 0 Å². The molecule has 0 aromatic heterocycles. The van der Waals surface area contributed by atoms with Crippen molar-refractivity contribution in [1.29, 1.82) is 0 Å². The van der Waals surface area contributed by atoms with Crippen LogP contribution in [0.2, 0.25) is 5.54 Å². The van der Waals surface area contributed by atoms with Gasteiger partial charge < -0.3 is 14.9 Å². The molecule has 0 bridgehead atoms. The molecule has 3 N–H and O–H groups in total. The van der Waals surface area contributed by atoms with E-state index in [0.717, 1.165) is 26.1 Å². The third kappa shape index (κ3) is 6.36. The van der Waals surface area contributed by atoms with Crippen LogP contribution in [-0.2, 0) is 0 Å². The summed E-state index contributed by atoms with van der Waals surface area (Å²) >= 11 is 12.8. The highest BCUT2D eigenvalue weighted by Gasteiger charge is 2.64. The maximum atomic E-state index is 6.41. The molecular weight excluding hydrogens is 321 g/mol. The van der Waals surface area contributed by atoms with Crippen LogP contribution in [0.4, 0.5) is 0 Å². The van der Waals surface area contributed by atoms with Gasteiger partial charge in [0.25, 0.3) is 8.56 Å². The summed E-state index contributed by atoms with van der Waals surface area (Å²) in [6, 6.07) is 0. The zero-order valence-electron chi connectivity index (χ0n) is 13.9. The van der Waals surface area contributed by atoms with E-state index in [1.807, 2.05) is 0 Å². The molecule has 0 heterocycles. The van der Waals surface area contributed by atoms with Crippen molar-refractivity contribution in [1.82, 2.24) is 14.9 Å². The third-order valence-corrected chi connectivity index (χ3v) is 9.52. The van der Waals surface area contributed by atoms with Gasteiger partial charge in [-0.05, 0) is 45.3 Å². The maximum absolute atomic E-state index is 6.41. The molecule has 0 aliphatic heterocycles. The van der Waals surface area contributed by atoms with Gasteiger partial charge in [0.2, 0.25) is 0 Å². The zero-order chi connectivity index (χ0) is 15.8. The second-order valence-electron chi connectivity index (χ2n) is 6.17. The number of unbranched alkanes of at least 4 members (excludes halogenated alkanes) is 3. The van der Waals surface area contributed by atoms with Crippen molar-refractivity contribution in [3.05, 3.63) is 0 Å². The Morgan fingerprint density at radius 2 is 1.19 bits per heavy atom. The molecule has 1 unspecified atom stereocenters. The summed E-state index contributed by atoms with van der Waals surface area (Å²) < 4.78 is -0.538. The summed E-state index contributed by atoms with van der Waals surface area (Å²) in [4.78, 5) is 11.5. The average Bonchev–Trinajstić information content (AvgIpc) is 3.09. The van der Waals surface area contributed by atoms with Crippen LogP contribution in [0.25, 0.3) is 0 Å². The molecule has 0 aromatic carbocycles. The molecule has 6 heteroatoms. The number of rotatable bonds is 13. The summed E-state index contributed by atoms with van der Waals surface area (Å²) in [5.74, 6) is 0. The number of hydrogen-bond donors (Lipinski definition) is 3. The Hall–Kier alpha value is 0.677. The highest BCUT2D eigenvalue weighted by Crippen LogP contribution is 2.61. The fraction of sp³-hybridized carbons (Fsp3) is 1.00. The summed E-state index contributed by atoms with van der Waals surface area (Å²) in [6.07, 6.45) is 8.12. The quantitative estimate of drug-likeness (QED) is 0.265. The van der Waals surface area contributed by atoms with Crippen LogP contribution in [0, 0.1) is 0 Å². The second-order valence-corrected chi connectivity index (χ2v) is 11.1. The van der Waals surface area contributed by atoms with E-state index >= 15 is 0 Å². The van der Waals surface area contributed by atoms with Gasteiger partial charge >= 0.3 is 0 Å². The van der Waals surface area contributed by atoms with Crippen molar-refractivity contribution in [2.75, 3.05) is 19.6 Å².